The lowest BCUT2D eigenvalue weighted by Crippen LogP contribution is -2.20. The van der Waals surface area contributed by atoms with Crippen molar-refractivity contribution in [2.75, 3.05) is 29.6 Å². The molecule has 3 rings (SSSR count). The summed E-state index contributed by atoms with van der Waals surface area (Å²) in [4.78, 5) is 23.0. The molecule has 0 saturated heterocycles. The summed E-state index contributed by atoms with van der Waals surface area (Å²) in [5.41, 5.74) is 2.29. The zero-order valence-corrected chi connectivity index (χ0v) is 15.5. The third-order valence-electron chi connectivity index (χ3n) is 4.74. The molecule has 1 aromatic heterocycles. The summed E-state index contributed by atoms with van der Waals surface area (Å²) in [7, 11) is 3.96. The van der Waals surface area contributed by atoms with Gasteiger partial charge in [0, 0.05) is 43.9 Å². The van der Waals surface area contributed by atoms with Gasteiger partial charge in [-0.15, -0.1) is 0 Å². The van der Waals surface area contributed by atoms with Crippen LogP contribution in [0.25, 0.3) is 0 Å². The second-order valence-corrected chi connectivity index (χ2v) is 7.02. The lowest BCUT2D eigenvalue weighted by molar-refractivity contribution is 0.102. The maximum Gasteiger partial charge on any atom is 0.258 e. The van der Waals surface area contributed by atoms with E-state index in [2.05, 4.69) is 20.6 Å². The number of aromatic nitrogens is 2. The molecule has 0 aliphatic heterocycles. The summed E-state index contributed by atoms with van der Waals surface area (Å²) in [5, 5.41) is 6.27. The van der Waals surface area contributed by atoms with Crippen molar-refractivity contribution in [3.63, 3.8) is 0 Å². The van der Waals surface area contributed by atoms with Crippen LogP contribution in [0.4, 0.5) is 17.3 Å². The predicted molar refractivity (Wildman–Crippen MR) is 106 cm³/mol. The minimum Gasteiger partial charge on any atom is -0.378 e. The molecule has 1 heterocycles. The van der Waals surface area contributed by atoms with Crippen LogP contribution in [0.1, 0.15) is 48.9 Å². The lowest BCUT2D eigenvalue weighted by atomic mass is 10.1. The predicted octanol–water partition coefficient (Wildman–Crippen LogP) is 3.93. The van der Waals surface area contributed by atoms with Crippen molar-refractivity contribution in [1.82, 2.24) is 9.97 Å². The minimum atomic E-state index is -0.205. The number of anilines is 3. The number of nitrogens with zero attached hydrogens (tertiary/aromatic N) is 3. The van der Waals surface area contributed by atoms with Gasteiger partial charge in [-0.25, -0.2) is 9.97 Å². The highest BCUT2D eigenvalue weighted by Gasteiger charge is 2.14. The van der Waals surface area contributed by atoms with Crippen LogP contribution in [0.5, 0.6) is 0 Å². The van der Waals surface area contributed by atoms with E-state index in [1.165, 1.54) is 25.7 Å². The molecule has 1 fully saturated rings. The summed E-state index contributed by atoms with van der Waals surface area (Å²) in [5.74, 6) is 0.396. The fourth-order valence-electron chi connectivity index (χ4n) is 3.17. The molecule has 0 radical (unpaired) electrons. The van der Waals surface area contributed by atoms with Gasteiger partial charge in [-0.2, -0.15) is 0 Å². The van der Waals surface area contributed by atoms with Crippen LogP contribution in [-0.2, 0) is 0 Å². The van der Waals surface area contributed by atoms with Crippen LogP contribution < -0.4 is 15.5 Å². The Labute approximate surface area is 155 Å². The van der Waals surface area contributed by atoms with Crippen LogP contribution in [0.2, 0.25) is 0 Å². The van der Waals surface area contributed by atoms with E-state index in [9.17, 15) is 4.79 Å². The van der Waals surface area contributed by atoms with E-state index in [4.69, 9.17) is 0 Å². The first-order valence-corrected chi connectivity index (χ1v) is 9.29. The van der Waals surface area contributed by atoms with E-state index in [1.807, 2.05) is 43.3 Å². The first-order chi connectivity index (χ1) is 12.6. The Bertz CT molecular complexity index is 704. The van der Waals surface area contributed by atoms with E-state index in [1.54, 1.807) is 12.4 Å². The van der Waals surface area contributed by atoms with Crippen molar-refractivity contribution < 1.29 is 4.79 Å². The summed E-state index contributed by atoms with van der Waals surface area (Å²) >= 11 is 0. The van der Waals surface area contributed by atoms with Crippen molar-refractivity contribution in [3.05, 3.63) is 42.2 Å². The first-order valence-electron chi connectivity index (χ1n) is 9.29. The van der Waals surface area contributed by atoms with Crippen LogP contribution >= 0.6 is 0 Å². The molecule has 2 aromatic rings. The minimum absolute atomic E-state index is 0.205. The highest BCUT2D eigenvalue weighted by atomic mass is 16.1. The number of carbonyl (C=O) groups is 1. The van der Waals surface area contributed by atoms with Crippen LogP contribution in [0.3, 0.4) is 0 Å². The number of hydrogen-bond donors (Lipinski definition) is 2. The van der Waals surface area contributed by atoms with Crippen LogP contribution in [0.15, 0.2) is 36.7 Å². The quantitative estimate of drug-likeness (QED) is 0.797. The SMILES string of the molecule is CN(C)c1ccc(NC(=O)c2cnc(NC3CCCCCC3)nc2)cc1. The van der Waals surface area contributed by atoms with Crippen molar-refractivity contribution in [1.29, 1.82) is 0 Å². The molecule has 26 heavy (non-hydrogen) atoms. The summed E-state index contributed by atoms with van der Waals surface area (Å²) in [6.45, 7) is 0. The second-order valence-electron chi connectivity index (χ2n) is 7.02. The maximum absolute atomic E-state index is 12.4. The Morgan fingerprint density at radius 3 is 2.19 bits per heavy atom. The zero-order valence-electron chi connectivity index (χ0n) is 15.5. The molecule has 1 saturated carbocycles. The van der Waals surface area contributed by atoms with Gasteiger partial charge < -0.3 is 15.5 Å². The molecule has 1 aliphatic carbocycles. The second kappa shape index (κ2) is 8.65. The monoisotopic (exact) mass is 353 g/mol. The Hall–Kier alpha value is -2.63. The summed E-state index contributed by atoms with van der Waals surface area (Å²) in [6.07, 6.45) is 10.6. The van der Waals surface area contributed by atoms with Gasteiger partial charge in [0.15, 0.2) is 0 Å². The maximum atomic E-state index is 12.4. The van der Waals surface area contributed by atoms with Crippen molar-refractivity contribution in [2.24, 2.45) is 0 Å². The molecule has 0 atom stereocenters. The topological polar surface area (TPSA) is 70.2 Å². The van der Waals surface area contributed by atoms with Gasteiger partial charge >= 0.3 is 0 Å². The Morgan fingerprint density at radius 1 is 1.00 bits per heavy atom. The molecule has 0 spiro atoms. The molecule has 138 valence electrons. The van der Waals surface area contributed by atoms with Crippen molar-refractivity contribution >= 4 is 23.2 Å². The molecule has 0 bridgehead atoms. The average molecular weight is 353 g/mol. The van der Waals surface area contributed by atoms with Gasteiger partial charge in [0.2, 0.25) is 5.95 Å². The highest BCUT2D eigenvalue weighted by molar-refractivity contribution is 6.03. The molecule has 6 heteroatoms. The number of amides is 1. The standard InChI is InChI=1S/C20H27N5O/c1-25(2)18-11-9-17(10-12-18)23-19(26)15-13-21-20(22-14-15)24-16-7-5-3-4-6-8-16/h9-14,16H,3-8H2,1-2H3,(H,23,26)(H,21,22,24). The van der Waals surface area contributed by atoms with Gasteiger partial charge in [0.05, 0.1) is 5.56 Å². The zero-order chi connectivity index (χ0) is 18.4. The van der Waals surface area contributed by atoms with Gasteiger partial charge in [-0.3, -0.25) is 4.79 Å². The Balaban J connectivity index is 1.57. The number of hydrogen-bond acceptors (Lipinski definition) is 5. The molecule has 2 N–H and O–H groups in total. The van der Waals surface area contributed by atoms with Gasteiger partial charge in [0.1, 0.15) is 0 Å². The normalized spacial score (nSPS) is 15.2. The fourth-order valence-corrected chi connectivity index (χ4v) is 3.17. The molecule has 0 unspecified atom stereocenters. The van der Waals surface area contributed by atoms with E-state index >= 15 is 0 Å². The summed E-state index contributed by atoms with van der Waals surface area (Å²) < 4.78 is 0. The highest BCUT2D eigenvalue weighted by Crippen LogP contribution is 2.20. The number of nitrogens with one attached hydrogen (secondary N) is 2. The smallest absolute Gasteiger partial charge is 0.258 e. The fraction of sp³-hybridized carbons (Fsp3) is 0.450. The third kappa shape index (κ3) is 4.94. The average Bonchev–Trinajstić information content (AvgIpc) is 2.91. The molecule has 1 amide bonds. The molecular formula is C20H27N5O. The van der Waals surface area contributed by atoms with E-state index in [-0.39, 0.29) is 5.91 Å². The van der Waals surface area contributed by atoms with Crippen molar-refractivity contribution in [2.45, 2.75) is 44.6 Å². The Morgan fingerprint density at radius 2 is 1.62 bits per heavy atom. The molecule has 6 nitrogen and oxygen atoms in total. The first kappa shape index (κ1) is 18.2. The summed E-state index contributed by atoms with van der Waals surface area (Å²) in [6, 6.07) is 8.14. The van der Waals surface area contributed by atoms with E-state index in [0.29, 0.717) is 17.6 Å². The lowest BCUT2D eigenvalue weighted by Gasteiger charge is -2.16. The number of carbonyl (C=O) groups excluding carboxylic acids is 1. The number of rotatable bonds is 5. The van der Waals surface area contributed by atoms with Gasteiger partial charge in [0.25, 0.3) is 5.91 Å². The number of benzene rings is 1. The van der Waals surface area contributed by atoms with Crippen LogP contribution in [0, 0.1) is 0 Å². The van der Waals surface area contributed by atoms with E-state index < -0.39 is 0 Å². The van der Waals surface area contributed by atoms with Crippen molar-refractivity contribution in [3.8, 4) is 0 Å². The molecule has 1 aliphatic rings. The molecule has 1 aromatic carbocycles. The van der Waals surface area contributed by atoms with Crippen LogP contribution in [-0.4, -0.2) is 36.0 Å². The third-order valence-corrected chi connectivity index (χ3v) is 4.74. The Kier molecular flexibility index (Phi) is 6.04. The molecular weight excluding hydrogens is 326 g/mol. The van der Waals surface area contributed by atoms with Gasteiger partial charge in [-0.05, 0) is 37.1 Å². The largest absolute Gasteiger partial charge is 0.378 e. The van der Waals surface area contributed by atoms with Gasteiger partial charge in [-0.1, -0.05) is 25.7 Å². The van der Waals surface area contributed by atoms with E-state index in [0.717, 1.165) is 24.2 Å².